The van der Waals surface area contributed by atoms with Crippen molar-refractivity contribution in [2.45, 2.75) is 39.5 Å². The van der Waals surface area contributed by atoms with Gasteiger partial charge in [0.15, 0.2) is 11.5 Å². The number of hydrogen-bond donors (Lipinski definition) is 0. The van der Waals surface area contributed by atoms with Crippen LogP contribution >= 0.6 is 0 Å². The van der Waals surface area contributed by atoms with E-state index in [0.717, 1.165) is 17.9 Å². The van der Waals surface area contributed by atoms with Crippen LogP contribution in [0.25, 0.3) is 0 Å². The molecule has 2 heteroatoms. The molecule has 16 heavy (non-hydrogen) atoms. The Labute approximate surface area is 98.6 Å². The second kappa shape index (κ2) is 4.77. The maximum absolute atomic E-state index is 5.35. The lowest BCUT2D eigenvalue weighted by Crippen LogP contribution is -2.14. The second-order valence-corrected chi connectivity index (χ2v) is 4.97. The van der Waals surface area contributed by atoms with Crippen molar-refractivity contribution in [3.05, 3.63) is 23.3 Å². The molecule has 0 radical (unpaired) electrons. The first-order valence-electron chi connectivity index (χ1n) is 5.69. The Morgan fingerprint density at radius 3 is 1.88 bits per heavy atom. The summed E-state index contributed by atoms with van der Waals surface area (Å²) in [6.45, 7) is 8.81. The molecule has 0 N–H and O–H groups in total. The normalized spacial score (nSPS) is 11.4. The Hall–Kier alpha value is -1.18. The minimum absolute atomic E-state index is 0.130. The Bertz CT molecular complexity index is 362. The predicted molar refractivity (Wildman–Crippen MR) is 67.6 cm³/mol. The van der Waals surface area contributed by atoms with Gasteiger partial charge in [-0.2, -0.15) is 0 Å². The van der Waals surface area contributed by atoms with Crippen LogP contribution in [-0.4, -0.2) is 14.2 Å². The van der Waals surface area contributed by atoms with Crippen molar-refractivity contribution in [1.29, 1.82) is 0 Å². The molecule has 90 valence electrons. The van der Waals surface area contributed by atoms with E-state index in [1.165, 1.54) is 11.1 Å². The second-order valence-electron chi connectivity index (χ2n) is 4.97. The summed E-state index contributed by atoms with van der Waals surface area (Å²) < 4.78 is 10.7. The highest BCUT2D eigenvalue weighted by Crippen LogP contribution is 2.36. The van der Waals surface area contributed by atoms with Crippen LogP contribution in [-0.2, 0) is 11.8 Å². The Balaban J connectivity index is 3.38. The zero-order valence-electron chi connectivity index (χ0n) is 11.2. The summed E-state index contributed by atoms with van der Waals surface area (Å²) in [6.07, 6.45) is 1.01. The van der Waals surface area contributed by atoms with Crippen LogP contribution in [0.3, 0.4) is 0 Å². The van der Waals surface area contributed by atoms with Crippen LogP contribution in [0.2, 0.25) is 0 Å². The van der Waals surface area contributed by atoms with E-state index in [0.29, 0.717) is 0 Å². The fourth-order valence-corrected chi connectivity index (χ4v) is 1.91. The molecule has 0 heterocycles. The van der Waals surface area contributed by atoms with Gasteiger partial charge in [0, 0.05) is 0 Å². The lowest BCUT2D eigenvalue weighted by molar-refractivity contribution is 0.353. The number of ether oxygens (including phenoxy) is 2. The number of aryl methyl sites for hydroxylation is 1. The molecule has 0 aliphatic carbocycles. The van der Waals surface area contributed by atoms with Gasteiger partial charge in [-0.1, -0.05) is 27.7 Å². The molecular formula is C14H22O2. The first-order valence-corrected chi connectivity index (χ1v) is 5.69. The van der Waals surface area contributed by atoms with Crippen molar-refractivity contribution in [2.24, 2.45) is 0 Å². The van der Waals surface area contributed by atoms with E-state index in [9.17, 15) is 0 Å². The van der Waals surface area contributed by atoms with Crippen LogP contribution in [0.1, 0.15) is 38.8 Å². The van der Waals surface area contributed by atoms with Gasteiger partial charge in [-0.25, -0.2) is 0 Å². The van der Waals surface area contributed by atoms with E-state index in [4.69, 9.17) is 9.47 Å². The van der Waals surface area contributed by atoms with Crippen LogP contribution in [0.15, 0.2) is 12.1 Å². The number of rotatable bonds is 3. The van der Waals surface area contributed by atoms with E-state index in [1.54, 1.807) is 14.2 Å². The number of methoxy groups -OCH3 is 2. The Morgan fingerprint density at radius 2 is 1.50 bits per heavy atom. The van der Waals surface area contributed by atoms with Gasteiger partial charge in [0.05, 0.1) is 14.2 Å². The first kappa shape index (κ1) is 12.9. The molecule has 1 rings (SSSR count). The van der Waals surface area contributed by atoms with E-state index < -0.39 is 0 Å². The van der Waals surface area contributed by atoms with E-state index in [1.807, 2.05) is 0 Å². The van der Waals surface area contributed by atoms with Crippen LogP contribution in [0.4, 0.5) is 0 Å². The summed E-state index contributed by atoms with van der Waals surface area (Å²) in [7, 11) is 3.35. The Kier molecular flexibility index (Phi) is 3.84. The molecule has 1 aromatic rings. The molecule has 0 atom stereocenters. The maximum atomic E-state index is 5.35. The van der Waals surface area contributed by atoms with E-state index >= 15 is 0 Å². The molecule has 0 unspecified atom stereocenters. The molecule has 0 fully saturated rings. The molecule has 0 aliphatic heterocycles. The fraction of sp³-hybridized carbons (Fsp3) is 0.571. The minimum atomic E-state index is 0.130. The largest absolute Gasteiger partial charge is 0.493 e. The predicted octanol–water partition coefficient (Wildman–Crippen LogP) is 3.56. The molecule has 0 amide bonds. The summed E-state index contributed by atoms with van der Waals surface area (Å²) >= 11 is 0. The molecule has 2 nitrogen and oxygen atoms in total. The van der Waals surface area contributed by atoms with Gasteiger partial charge in [0.2, 0.25) is 0 Å². The highest BCUT2D eigenvalue weighted by atomic mass is 16.5. The van der Waals surface area contributed by atoms with Gasteiger partial charge in [-0.15, -0.1) is 0 Å². The lowest BCUT2D eigenvalue weighted by Gasteiger charge is -2.24. The van der Waals surface area contributed by atoms with Crippen LogP contribution in [0.5, 0.6) is 11.5 Å². The van der Waals surface area contributed by atoms with Gasteiger partial charge in [-0.05, 0) is 35.1 Å². The van der Waals surface area contributed by atoms with Gasteiger partial charge in [0.1, 0.15) is 0 Å². The van der Waals surface area contributed by atoms with Crippen molar-refractivity contribution in [1.82, 2.24) is 0 Å². The van der Waals surface area contributed by atoms with Gasteiger partial charge in [0.25, 0.3) is 0 Å². The topological polar surface area (TPSA) is 18.5 Å². The SMILES string of the molecule is CCc1cc(OC)c(OC)cc1C(C)(C)C. The summed E-state index contributed by atoms with van der Waals surface area (Å²) in [5, 5.41) is 0. The van der Waals surface area contributed by atoms with Crippen molar-refractivity contribution in [3.8, 4) is 11.5 Å². The van der Waals surface area contributed by atoms with Crippen molar-refractivity contribution >= 4 is 0 Å². The zero-order valence-corrected chi connectivity index (χ0v) is 11.2. The summed E-state index contributed by atoms with van der Waals surface area (Å²) in [4.78, 5) is 0. The first-order chi connectivity index (χ1) is 7.43. The average molecular weight is 222 g/mol. The monoisotopic (exact) mass is 222 g/mol. The molecule has 0 saturated heterocycles. The molecule has 1 aromatic carbocycles. The third-order valence-corrected chi connectivity index (χ3v) is 2.80. The van der Waals surface area contributed by atoms with E-state index in [-0.39, 0.29) is 5.41 Å². The molecular weight excluding hydrogens is 200 g/mol. The van der Waals surface area contributed by atoms with Crippen molar-refractivity contribution in [3.63, 3.8) is 0 Å². The average Bonchev–Trinajstić information content (AvgIpc) is 2.25. The van der Waals surface area contributed by atoms with Gasteiger partial charge < -0.3 is 9.47 Å². The van der Waals surface area contributed by atoms with E-state index in [2.05, 4.69) is 39.8 Å². The van der Waals surface area contributed by atoms with Crippen molar-refractivity contribution < 1.29 is 9.47 Å². The molecule has 0 saturated carbocycles. The van der Waals surface area contributed by atoms with Gasteiger partial charge in [-0.3, -0.25) is 0 Å². The fourth-order valence-electron chi connectivity index (χ4n) is 1.91. The number of benzene rings is 1. The Morgan fingerprint density at radius 1 is 1.00 bits per heavy atom. The highest BCUT2D eigenvalue weighted by Gasteiger charge is 2.20. The molecule has 0 spiro atoms. The van der Waals surface area contributed by atoms with Crippen LogP contribution in [0, 0.1) is 0 Å². The molecule has 0 aliphatic rings. The smallest absolute Gasteiger partial charge is 0.161 e. The number of hydrogen-bond acceptors (Lipinski definition) is 2. The van der Waals surface area contributed by atoms with Crippen LogP contribution < -0.4 is 9.47 Å². The molecule has 0 bridgehead atoms. The summed E-state index contributed by atoms with van der Waals surface area (Å²) in [6, 6.07) is 4.18. The summed E-state index contributed by atoms with van der Waals surface area (Å²) in [5.41, 5.74) is 2.78. The summed E-state index contributed by atoms with van der Waals surface area (Å²) in [5.74, 6) is 1.62. The quantitative estimate of drug-likeness (QED) is 0.778. The highest BCUT2D eigenvalue weighted by molar-refractivity contribution is 5.49. The van der Waals surface area contributed by atoms with Gasteiger partial charge >= 0.3 is 0 Å². The third-order valence-electron chi connectivity index (χ3n) is 2.80. The maximum Gasteiger partial charge on any atom is 0.161 e. The third kappa shape index (κ3) is 2.49. The minimum Gasteiger partial charge on any atom is -0.493 e. The van der Waals surface area contributed by atoms with Crippen molar-refractivity contribution in [2.75, 3.05) is 14.2 Å². The zero-order chi connectivity index (χ0) is 12.3. The molecule has 0 aromatic heterocycles. The standard InChI is InChI=1S/C14H22O2/c1-7-10-8-12(15-5)13(16-6)9-11(10)14(2,3)4/h8-9H,7H2,1-6H3. The lowest BCUT2D eigenvalue weighted by atomic mass is 9.83.